The molecule has 1 aliphatic rings. The summed E-state index contributed by atoms with van der Waals surface area (Å²) in [5, 5.41) is 8.80. The van der Waals surface area contributed by atoms with E-state index >= 15 is 0 Å². The molecule has 38 heavy (non-hydrogen) atoms. The highest BCUT2D eigenvalue weighted by Gasteiger charge is 2.33. The summed E-state index contributed by atoms with van der Waals surface area (Å²) in [6.07, 6.45) is 3.42. The Bertz CT molecular complexity index is 1610. The fraction of sp³-hybridized carbons (Fsp3) is 0.286. The molecule has 0 unspecified atom stereocenters. The lowest BCUT2D eigenvalue weighted by Crippen LogP contribution is -2.40. The molecule has 8 nitrogen and oxygen atoms in total. The van der Waals surface area contributed by atoms with Gasteiger partial charge >= 0.3 is 5.97 Å². The molecule has 10 heteroatoms. The highest BCUT2D eigenvalue weighted by atomic mass is 32.2. The number of thiazole rings is 1. The molecule has 0 fully saturated rings. The molecule has 0 spiro atoms. The number of carbonyl (C=O) groups excluding carboxylic acids is 1. The Hall–Kier alpha value is -3.81. The summed E-state index contributed by atoms with van der Waals surface area (Å²) in [6, 6.07) is 14.3. The predicted octanol–water partition coefficient (Wildman–Crippen LogP) is 3.82. The van der Waals surface area contributed by atoms with Crippen LogP contribution < -0.4 is 24.4 Å². The topological polar surface area (TPSA) is 103 Å². The van der Waals surface area contributed by atoms with E-state index < -0.39 is 12.0 Å². The molecule has 1 atom stereocenters. The van der Waals surface area contributed by atoms with Crippen molar-refractivity contribution in [2.24, 2.45) is 4.99 Å². The van der Waals surface area contributed by atoms with Crippen molar-refractivity contribution in [3.05, 3.63) is 84.5 Å². The summed E-state index contributed by atoms with van der Waals surface area (Å²) in [7, 11) is 1.51. The third-order valence-corrected chi connectivity index (χ3v) is 7.52. The van der Waals surface area contributed by atoms with Gasteiger partial charge in [0.25, 0.3) is 5.56 Å². The predicted molar refractivity (Wildman–Crippen MR) is 147 cm³/mol. The Morgan fingerprint density at radius 2 is 1.97 bits per heavy atom. The zero-order valence-corrected chi connectivity index (χ0v) is 23.3. The Kier molecular flexibility index (Phi) is 8.39. The van der Waals surface area contributed by atoms with E-state index in [0.717, 1.165) is 10.5 Å². The number of aromatic nitrogens is 1. The van der Waals surface area contributed by atoms with Crippen LogP contribution in [0, 0.1) is 11.3 Å². The Balaban J connectivity index is 1.87. The van der Waals surface area contributed by atoms with E-state index in [0.29, 0.717) is 37.7 Å². The number of carbonyl (C=O) groups is 1. The fourth-order valence-electron chi connectivity index (χ4n) is 4.12. The summed E-state index contributed by atoms with van der Waals surface area (Å²) in [5.41, 5.74) is 2.10. The van der Waals surface area contributed by atoms with Crippen molar-refractivity contribution in [2.45, 2.75) is 37.8 Å². The van der Waals surface area contributed by atoms with Crippen molar-refractivity contribution in [1.29, 1.82) is 5.26 Å². The van der Waals surface area contributed by atoms with Crippen LogP contribution in [-0.4, -0.2) is 36.6 Å². The first-order valence-electron chi connectivity index (χ1n) is 11.8. The zero-order chi connectivity index (χ0) is 27.4. The van der Waals surface area contributed by atoms with E-state index in [2.05, 4.69) is 4.99 Å². The van der Waals surface area contributed by atoms with E-state index in [1.807, 2.05) is 36.6 Å². The van der Waals surface area contributed by atoms with Gasteiger partial charge in [-0.3, -0.25) is 9.36 Å². The van der Waals surface area contributed by atoms with Crippen LogP contribution in [-0.2, 0) is 9.53 Å². The van der Waals surface area contributed by atoms with Crippen molar-refractivity contribution >= 4 is 35.1 Å². The van der Waals surface area contributed by atoms with Crippen LogP contribution in [0.4, 0.5) is 0 Å². The van der Waals surface area contributed by atoms with Gasteiger partial charge in [-0.05, 0) is 68.5 Å². The maximum atomic E-state index is 13.8. The average molecular weight is 550 g/mol. The Morgan fingerprint density at radius 3 is 2.61 bits per heavy atom. The number of hydrogen-bond donors (Lipinski definition) is 0. The van der Waals surface area contributed by atoms with Gasteiger partial charge in [0.15, 0.2) is 22.9 Å². The molecule has 3 aromatic rings. The number of allylic oxidation sites excluding steroid dienone is 1. The largest absolute Gasteiger partial charge is 0.493 e. The number of nitriles is 1. The first kappa shape index (κ1) is 27.2. The minimum atomic E-state index is -0.674. The van der Waals surface area contributed by atoms with Gasteiger partial charge in [0.05, 0.1) is 35.1 Å². The van der Waals surface area contributed by atoms with Gasteiger partial charge in [0, 0.05) is 4.90 Å². The number of fused-ring (bicyclic) bond motifs is 1. The number of nitrogens with zero attached hydrogens (tertiary/aromatic N) is 3. The van der Waals surface area contributed by atoms with E-state index in [1.54, 1.807) is 61.4 Å². The highest BCUT2D eigenvalue weighted by Crippen LogP contribution is 2.32. The first-order chi connectivity index (χ1) is 18.3. The monoisotopic (exact) mass is 549 g/mol. The number of thioether (sulfide) groups is 1. The molecular formula is C28H27N3O5S2. The van der Waals surface area contributed by atoms with Crippen LogP contribution in [0.15, 0.2) is 68.4 Å². The SMILES string of the molecule is COc1cc(/C=c2\sc3n(c2=O)[C@H](c2ccc(SC)cc2)C(C(=O)OC(C)C)=C(C)N=3)ccc1OCC#N. The van der Waals surface area contributed by atoms with Gasteiger partial charge in [-0.1, -0.05) is 29.5 Å². The van der Waals surface area contributed by atoms with Gasteiger partial charge in [0.2, 0.25) is 0 Å². The van der Waals surface area contributed by atoms with Gasteiger partial charge in [-0.25, -0.2) is 9.79 Å². The minimum Gasteiger partial charge on any atom is -0.493 e. The average Bonchev–Trinajstić information content (AvgIpc) is 3.20. The number of esters is 1. The third kappa shape index (κ3) is 5.54. The molecular weight excluding hydrogens is 522 g/mol. The second-order valence-corrected chi connectivity index (χ2v) is 10.6. The molecule has 0 N–H and O–H groups in total. The summed E-state index contributed by atoms with van der Waals surface area (Å²) >= 11 is 2.86. The van der Waals surface area contributed by atoms with Crippen molar-refractivity contribution < 1.29 is 19.0 Å². The van der Waals surface area contributed by atoms with Crippen molar-refractivity contribution in [1.82, 2.24) is 4.57 Å². The molecule has 0 bridgehead atoms. The lowest BCUT2D eigenvalue weighted by Gasteiger charge is -2.25. The molecule has 2 heterocycles. The molecule has 1 aliphatic heterocycles. The second kappa shape index (κ2) is 11.7. The zero-order valence-electron chi connectivity index (χ0n) is 21.7. The summed E-state index contributed by atoms with van der Waals surface area (Å²) in [5.74, 6) is 0.389. The van der Waals surface area contributed by atoms with E-state index in [9.17, 15) is 9.59 Å². The van der Waals surface area contributed by atoms with Crippen molar-refractivity contribution in [2.75, 3.05) is 20.0 Å². The first-order valence-corrected chi connectivity index (χ1v) is 13.9. The molecule has 4 rings (SSSR count). The number of ether oxygens (including phenoxy) is 3. The molecule has 0 saturated heterocycles. The Morgan fingerprint density at radius 1 is 1.24 bits per heavy atom. The number of methoxy groups -OCH3 is 1. The molecule has 196 valence electrons. The number of benzene rings is 2. The van der Waals surface area contributed by atoms with Gasteiger partial charge in [-0.2, -0.15) is 5.26 Å². The van der Waals surface area contributed by atoms with E-state index in [-0.39, 0.29) is 18.3 Å². The van der Waals surface area contributed by atoms with E-state index in [4.69, 9.17) is 19.5 Å². The van der Waals surface area contributed by atoms with Crippen LogP contribution in [0.2, 0.25) is 0 Å². The molecule has 0 radical (unpaired) electrons. The van der Waals surface area contributed by atoms with Crippen LogP contribution in [0.5, 0.6) is 11.5 Å². The number of rotatable bonds is 8. The quantitative estimate of drug-likeness (QED) is 0.311. The van der Waals surface area contributed by atoms with Gasteiger partial charge < -0.3 is 14.2 Å². The van der Waals surface area contributed by atoms with Crippen molar-refractivity contribution in [3.8, 4) is 17.6 Å². The van der Waals surface area contributed by atoms with Crippen LogP contribution in [0.25, 0.3) is 6.08 Å². The number of hydrogen-bond acceptors (Lipinski definition) is 9. The second-order valence-electron chi connectivity index (χ2n) is 8.67. The van der Waals surface area contributed by atoms with Crippen LogP contribution >= 0.6 is 23.1 Å². The van der Waals surface area contributed by atoms with Crippen LogP contribution in [0.3, 0.4) is 0 Å². The lowest BCUT2D eigenvalue weighted by atomic mass is 9.96. The summed E-state index contributed by atoms with van der Waals surface area (Å²) < 4.78 is 18.4. The molecule has 0 saturated carbocycles. The highest BCUT2D eigenvalue weighted by molar-refractivity contribution is 7.98. The molecule has 2 aromatic carbocycles. The minimum absolute atomic E-state index is 0.104. The maximum absolute atomic E-state index is 13.8. The molecule has 0 amide bonds. The van der Waals surface area contributed by atoms with Gasteiger partial charge in [-0.15, -0.1) is 11.8 Å². The molecule has 1 aromatic heterocycles. The fourth-order valence-corrected chi connectivity index (χ4v) is 5.57. The van der Waals surface area contributed by atoms with Crippen LogP contribution in [0.1, 0.15) is 37.9 Å². The van der Waals surface area contributed by atoms with Gasteiger partial charge in [0.1, 0.15) is 6.07 Å². The lowest BCUT2D eigenvalue weighted by molar-refractivity contribution is -0.143. The summed E-state index contributed by atoms with van der Waals surface area (Å²) in [4.78, 5) is 33.2. The Labute approximate surface area is 228 Å². The summed E-state index contributed by atoms with van der Waals surface area (Å²) in [6.45, 7) is 5.24. The van der Waals surface area contributed by atoms with E-state index in [1.165, 1.54) is 18.4 Å². The standard InChI is InChI=1S/C28H27N3O5S2/c1-16(2)36-27(33)24-17(3)30-28-31(25(24)19-7-9-20(37-5)10-8-19)26(32)23(38-28)15-18-6-11-21(35-13-12-29)22(14-18)34-4/h6-11,14-16,25H,13H2,1-5H3/b23-15-/t25-/m1/s1. The molecule has 0 aliphatic carbocycles. The third-order valence-electron chi connectivity index (χ3n) is 5.79. The smallest absolute Gasteiger partial charge is 0.338 e. The van der Waals surface area contributed by atoms with Crippen molar-refractivity contribution in [3.63, 3.8) is 0 Å². The maximum Gasteiger partial charge on any atom is 0.338 e. The normalized spacial score (nSPS) is 15.1.